The number of phenols is 1. The van der Waals surface area contributed by atoms with Crippen LogP contribution in [0.2, 0.25) is 0 Å². The van der Waals surface area contributed by atoms with Crippen LogP contribution in [-0.4, -0.2) is 19.9 Å². The van der Waals surface area contributed by atoms with Crippen molar-refractivity contribution in [2.24, 2.45) is 0 Å². The van der Waals surface area contributed by atoms with Gasteiger partial charge in [-0.25, -0.2) is 0 Å². The van der Waals surface area contributed by atoms with Crippen LogP contribution in [0.15, 0.2) is 12.1 Å². The van der Waals surface area contributed by atoms with E-state index in [-0.39, 0.29) is 27.7 Å². The maximum atomic E-state index is 10.5. The normalized spacial score (nSPS) is 9.18. The molecule has 0 heterocycles. The molecule has 0 bridgehead atoms. The zero-order valence-corrected chi connectivity index (χ0v) is 13.6. The molecule has 17 heavy (non-hydrogen) atoms. The fourth-order valence-electron chi connectivity index (χ4n) is 1.07. The number of rotatable bonds is 3. The first-order chi connectivity index (χ1) is 7.36. The minimum absolute atomic E-state index is 0. The number of phenolic OH excluding ortho intramolecular Hbond substituents is 1. The van der Waals surface area contributed by atoms with Gasteiger partial charge in [-0.3, -0.25) is 30.3 Å². The third kappa shape index (κ3) is 2.84. The zero-order valence-electron chi connectivity index (χ0n) is 8.10. The van der Waals surface area contributed by atoms with Crippen LogP contribution >= 0.6 is 0 Å². The van der Waals surface area contributed by atoms with Gasteiger partial charge in [-0.05, 0) is 6.07 Å². The maximum absolute atomic E-state index is 10.5. The fraction of sp³-hybridized carbons (Fsp3) is 0. The summed E-state index contributed by atoms with van der Waals surface area (Å²) >= 11 is 0. The molecule has 0 aliphatic heterocycles. The summed E-state index contributed by atoms with van der Waals surface area (Å²) < 4.78 is 0. The van der Waals surface area contributed by atoms with Gasteiger partial charge in [-0.1, -0.05) is 0 Å². The minimum Gasteiger partial charge on any atom is -0.502 e. The van der Waals surface area contributed by atoms with Gasteiger partial charge >= 0.3 is 17.1 Å². The molecule has 0 aromatic heterocycles. The van der Waals surface area contributed by atoms with Crippen LogP contribution in [0.4, 0.5) is 17.1 Å². The molecule has 0 aliphatic rings. The Morgan fingerprint density at radius 2 is 1.35 bits per heavy atom. The zero-order chi connectivity index (χ0) is 12.5. The Morgan fingerprint density at radius 1 is 0.882 bits per heavy atom. The summed E-state index contributed by atoms with van der Waals surface area (Å²) in [7, 11) is 0. The Bertz CT molecular complexity index is 503. The van der Waals surface area contributed by atoms with E-state index in [4.69, 9.17) is 5.11 Å². The van der Waals surface area contributed by atoms with Crippen molar-refractivity contribution in [1.82, 2.24) is 0 Å². The average Bonchev–Trinajstić information content (AvgIpc) is 2.15. The number of aromatic hydroxyl groups is 1. The van der Waals surface area contributed by atoms with E-state index in [9.17, 15) is 30.3 Å². The minimum atomic E-state index is -1.34. The van der Waals surface area contributed by atoms with Crippen molar-refractivity contribution in [2.45, 2.75) is 0 Å². The Balaban J connectivity index is 0.00000256. The van der Waals surface area contributed by atoms with E-state index in [1.807, 2.05) is 0 Å². The van der Waals surface area contributed by atoms with Crippen molar-refractivity contribution >= 4 is 17.1 Å². The standard InChI is InChI=1S/C6H3N3O7.Hg/c10-4-2-1-3(7(11)12)5(8(13)14)6(4)9(15)16;/h1-2,10H;. The second kappa shape index (κ2) is 5.47. The van der Waals surface area contributed by atoms with Crippen molar-refractivity contribution < 1.29 is 47.5 Å². The molecule has 1 rings (SSSR count). The Hall–Kier alpha value is -1.84. The molecule has 86 valence electrons. The van der Waals surface area contributed by atoms with Gasteiger partial charge in [0.2, 0.25) is 5.75 Å². The van der Waals surface area contributed by atoms with Gasteiger partial charge in [0.05, 0.1) is 14.8 Å². The third-order valence-electron chi connectivity index (χ3n) is 1.67. The maximum Gasteiger partial charge on any atom is 0.426 e. The van der Waals surface area contributed by atoms with Crippen LogP contribution < -0.4 is 0 Å². The Labute approximate surface area is 113 Å². The predicted molar refractivity (Wildman–Crippen MR) is 48.1 cm³/mol. The molecule has 0 saturated carbocycles. The summed E-state index contributed by atoms with van der Waals surface area (Å²) in [5, 5.41) is 40.4. The summed E-state index contributed by atoms with van der Waals surface area (Å²) in [6.45, 7) is 0. The third-order valence-corrected chi connectivity index (χ3v) is 1.67. The quantitative estimate of drug-likeness (QED) is 0.429. The van der Waals surface area contributed by atoms with Gasteiger partial charge < -0.3 is 5.11 Å². The molecule has 0 fully saturated rings. The van der Waals surface area contributed by atoms with Gasteiger partial charge in [0.25, 0.3) is 0 Å². The van der Waals surface area contributed by atoms with E-state index in [0.717, 1.165) is 0 Å². The van der Waals surface area contributed by atoms with E-state index >= 15 is 0 Å². The van der Waals surface area contributed by atoms with Gasteiger partial charge in [-0.15, -0.1) is 0 Å². The van der Waals surface area contributed by atoms with Crippen LogP contribution in [0.25, 0.3) is 0 Å². The molecule has 10 nitrogen and oxygen atoms in total. The fourth-order valence-corrected chi connectivity index (χ4v) is 1.07. The smallest absolute Gasteiger partial charge is 0.426 e. The molecule has 0 amide bonds. The summed E-state index contributed by atoms with van der Waals surface area (Å²) in [6.07, 6.45) is 0. The van der Waals surface area contributed by atoms with Crippen molar-refractivity contribution in [3.8, 4) is 5.75 Å². The van der Waals surface area contributed by atoms with Gasteiger partial charge in [0, 0.05) is 33.7 Å². The van der Waals surface area contributed by atoms with Gasteiger partial charge in [0.15, 0.2) is 0 Å². The van der Waals surface area contributed by atoms with E-state index < -0.39 is 37.6 Å². The van der Waals surface area contributed by atoms with Crippen LogP contribution in [0.3, 0.4) is 0 Å². The average molecular weight is 430 g/mol. The monoisotopic (exact) mass is 431 g/mol. The number of hydrogen-bond acceptors (Lipinski definition) is 7. The summed E-state index contributed by atoms with van der Waals surface area (Å²) in [5.41, 5.74) is -3.68. The number of hydrogen-bond donors (Lipinski definition) is 1. The Kier molecular flexibility index (Phi) is 4.88. The van der Waals surface area contributed by atoms with Gasteiger partial charge in [-0.2, -0.15) is 0 Å². The second-order valence-corrected chi connectivity index (χ2v) is 2.57. The summed E-state index contributed by atoms with van der Waals surface area (Å²) in [5.74, 6) is -0.998. The largest absolute Gasteiger partial charge is 0.502 e. The van der Waals surface area contributed by atoms with Crippen molar-refractivity contribution in [1.29, 1.82) is 0 Å². The molecular weight excluding hydrogens is 427 g/mol. The van der Waals surface area contributed by atoms with Crippen molar-refractivity contribution in [3.05, 3.63) is 42.5 Å². The molecule has 11 heteroatoms. The molecular formula is C6H3HgN3O7. The van der Waals surface area contributed by atoms with Crippen LogP contribution in [0.5, 0.6) is 5.75 Å². The summed E-state index contributed by atoms with van der Waals surface area (Å²) in [4.78, 5) is 27.7. The number of benzene rings is 1. The SMILES string of the molecule is O=[N+]([O-])c1ccc(O)c([N+](=O)[O-])c1[N+](=O)[O-].[Hg]. The topological polar surface area (TPSA) is 150 Å². The second-order valence-electron chi connectivity index (χ2n) is 2.57. The van der Waals surface area contributed by atoms with Crippen LogP contribution in [-0.2, 0) is 27.7 Å². The van der Waals surface area contributed by atoms with E-state index in [0.29, 0.717) is 12.1 Å². The molecule has 1 aromatic carbocycles. The van der Waals surface area contributed by atoms with Crippen molar-refractivity contribution in [2.75, 3.05) is 0 Å². The molecule has 1 N–H and O–H groups in total. The molecule has 0 saturated heterocycles. The Morgan fingerprint density at radius 3 is 1.71 bits per heavy atom. The molecule has 0 aliphatic carbocycles. The first kappa shape index (κ1) is 15.2. The molecule has 0 atom stereocenters. The summed E-state index contributed by atoms with van der Waals surface area (Å²) in [6, 6.07) is 1.28. The van der Waals surface area contributed by atoms with Crippen LogP contribution in [0.1, 0.15) is 0 Å². The first-order valence-corrected chi connectivity index (χ1v) is 3.65. The van der Waals surface area contributed by atoms with E-state index in [1.54, 1.807) is 0 Å². The number of nitro groups is 3. The first-order valence-electron chi connectivity index (χ1n) is 3.65. The van der Waals surface area contributed by atoms with Gasteiger partial charge in [0.1, 0.15) is 0 Å². The van der Waals surface area contributed by atoms with Crippen molar-refractivity contribution in [3.63, 3.8) is 0 Å². The van der Waals surface area contributed by atoms with Crippen LogP contribution in [0, 0.1) is 30.3 Å². The molecule has 1 aromatic rings. The number of nitro benzene ring substituents is 3. The van der Waals surface area contributed by atoms with E-state index in [2.05, 4.69) is 0 Å². The molecule has 0 unspecified atom stereocenters. The predicted octanol–water partition coefficient (Wildman–Crippen LogP) is 1.11. The van der Waals surface area contributed by atoms with E-state index in [1.165, 1.54) is 0 Å². The molecule has 0 radical (unpaired) electrons. The number of nitrogens with zero attached hydrogens (tertiary/aromatic N) is 3. The molecule has 0 spiro atoms.